The molecule has 1 aromatic heterocycles. The second-order valence-corrected chi connectivity index (χ2v) is 4.95. The van der Waals surface area contributed by atoms with Gasteiger partial charge in [-0.25, -0.2) is 0 Å². The molecule has 0 atom stereocenters. The molecule has 0 aliphatic rings. The number of H-pyrrole nitrogens is 1. The average Bonchev–Trinajstić information content (AvgIpc) is 2.69. The normalized spacial score (nSPS) is 10.8. The van der Waals surface area contributed by atoms with Gasteiger partial charge in [0, 0.05) is 28.7 Å². The summed E-state index contributed by atoms with van der Waals surface area (Å²) in [7, 11) is 1.96. The molecule has 4 heteroatoms. The number of nitrogens with zero attached hydrogens (tertiary/aromatic N) is 1. The Bertz CT molecular complexity index is 488. The Balaban J connectivity index is 2.27. The maximum Gasteiger partial charge on any atom is 0.0952 e. The molecule has 0 saturated carbocycles. The molecule has 0 aliphatic carbocycles. The van der Waals surface area contributed by atoms with Crippen LogP contribution < -0.4 is 5.32 Å². The summed E-state index contributed by atoms with van der Waals surface area (Å²) in [6.07, 6.45) is 0.978. The summed E-state index contributed by atoms with van der Waals surface area (Å²) >= 11 is 3.44. The Kier molecular flexibility index (Phi) is 3.97. The van der Waals surface area contributed by atoms with E-state index in [1.165, 1.54) is 11.3 Å². The van der Waals surface area contributed by atoms with Crippen LogP contribution in [0.3, 0.4) is 0 Å². The monoisotopic (exact) mass is 293 g/mol. The molecule has 0 bridgehead atoms. The van der Waals surface area contributed by atoms with Crippen LogP contribution in [0.4, 0.5) is 0 Å². The first-order valence-corrected chi connectivity index (χ1v) is 6.46. The van der Waals surface area contributed by atoms with Gasteiger partial charge >= 0.3 is 0 Å². The maximum atomic E-state index is 4.40. The van der Waals surface area contributed by atoms with Crippen molar-refractivity contribution in [3.63, 3.8) is 0 Å². The molecule has 0 radical (unpaired) electrons. The van der Waals surface area contributed by atoms with Gasteiger partial charge in [0.25, 0.3) is 0 Å². The third-order valence-electron chi connectivity index (χ3n) is 2.85. The maximum absolute atomic E-state index is 4.40. The van der Waals surface area contributed by atoms with Gasteiger partial charge in [0.2, 0.25) is 0 Å². The molecule has 0 fully saturated rings. The summed E-state index contributed by atoms with van der Waals surface area (Å²) in [5.74, 6) is 0. The lowest BCUT2D eigenvalue weighted by atomic mass is 10.1. The van der Waals surface area contributed by atoms with Crippen LogP contribution in [0.15, 0.2) is 28.7 Å². The number of aromatic nitrogens is 2. The fourth-order valence-electron chi connectivity index (χ4n) is 1.82. The minimum absolute atomic E-state index is 0.961. The lowest BCUT2D eigenvalue weighted by Gasteiger charge is -2.01. The standard InChI is InChI=1S/C13H16BrN3/c1-9-12(7-8-15-2)16-17-13(9)10-3-5-11(14)6-4-10/h3-6,15H,7-8H2,1-2H3,(H,16,17). The SMILES string of the molecule is CNCCc1[nH]nc(-c2ccc(Br)cc2)c1C. The van der Waals surface area contributed by atoms with Crippen LogP contribution >= 0.6 is 15.9 Å². The van der Waals surface area contributed by atoms with Crippen molar-refractivity contribution in [1.82, 2.24) is 15.5 Å². The predicted octanol–water partition coefficient (Wildman–Crippen LogP) is 2.91. The first kappa shape index (κ1) is 12.3. The highest BCUT2D eigenvalue weighted by Gasteiger charge is 2.10. The molecule has 90 valence electrons. The molecule has 1 heterocycles. The van der Waals surface area contributed by atoms with Gasteiger partial charge in [0.1, 0.15) is 0 Å². The smallest absolute Gasteiger partial charge is 0.0952 e. The van der Waals surface area contributed by atoms with E-state index in [1.54, 1.807) is 0 Å². The molecule has 0 aliphatic heterocycles. The van der Waals surface area contributed by atoms with Gasteiger partial charge in [-0.3, -0.25) is 5.10 Å². The van der Waals surface area contributed by atoms with Crippen molar-refractivity contribution in [3.8, 4) is 11.3 Å². The second kappa shape index (κ2) is 5.47. The van der Waals surface area contributed by atoms with Crippen molar-refractivity contribution in [2.45, 2.75) is 13.3 Å². The zero-order valence-corrected chi connectivity index (χ0v) is 11.6. The van der Waals surface area contributed by atoms with Crippen LogP contribution in [0, 0.1) is 6.92 Å². The lowest BCUT2D eigenvalue weighted by molar-refractivity contribution is 0.769. The highest BCUT2D eigenvalue weighted by atomic mass is 79.9. The van der Waals surface area contributed by atoms with Gasteiger partial charge in [0.15, 0.2) is 0 Å². The molecule has 0 spiro atoms. The topological polar surface area (TPSA) is 40.7 Å². The molecule has 0 saturated heterocycles. The fourth-order valence-corrected chi connectivity index (χ4v) is 2.08. The van der Waals surface area contributed by atoms with E-state index in [2.05, 4.69) is 50.5 Å². The first-order valence-electron chi connectivity index (χ1n) is 5.66. The molecule has 2 aromatic rings. The van der Waals surface area contributed by atoms with Gasteiger partial charge in [-0.1, -0.05) is 28.1 Å². The largest absolute Gasteiger partial charge is 0.319 e. The Morgan fingerprint density at radius 1 is 1.29 bits per heavy atom. The highest BCUT2D eigenvalue weighted by molar-refractivity contribution is 9.10. The number of likely N-dealkylation sites (N-methyl/N-ethyl adjacent to an activating group) is 1. The third kappa shape index (κ3) is 2.76. The number of halogens is 1. The van der Waals surface area contributed by atoms with E-state index in [1.807, 2.05) is 19.2 Å². The second-order valence-electron chi connectivity index (χ2n) is 4.04. The van der Waals surface area contributed by atoms with Crippen LogP contribution in [-0.2, 0) is 6.42 Å². The number of hydrogen-bond acceptors (Lipinski definition) is 2. The summed E-state index contributed by atoms with van der Waals surface area (Å²) in [6, 6.07) is 8.23. The molecule has 0 unspecified atom stereocenters. The molecule has 2 rings (SSSR count). The van der Waals surface area contributed by atoms with Gasteiger partial charge in [-0.05, 0) is 31.7 Å². The summed E-state index contributed by atoms with van der Waals surface area (Å²) in [5, 5.41) is 10.7. The Hall–Kier alpha value is -1.13. The summed E-state index contributed by atoms with van der Waals surface area (Å²) < 4.78 is 1.09. The molecule has 1 aromatic carbocycles. The molecule has 0 amide bonds. The van der Waals surface area contributed by atoms with E-state index >= 15 is 0 Å². The summed E-state index contributed by atoms with van der Waals surface area (Å²) in [5.41, 5.74) is 4.64. The fraction of sp³-hybridized carbons (Fsp3) is 0.308. The number of hydrogen-bond donors (Lipinski definition) is 2. The molecule has 3 nitrogen and oxygen atoms in total. The van der Waals surface area contributed by atoms with Crippen molar-refractivity contribution in [2.24, 2.45) is 0 Å². The quantitative estimate of drug-likeness (QED) is 0.910. The Labute approximate surface area is 110 Å². The van der Waals surface area contributed by atoms with Crippen LogP contribution in [0.25, 0.3) is 11.3 Å². The number of rotatable bonds is 4. The third-order valence-corrected chi connectivity index (χ3v) is 3.38. The van der Waals surface area contributed by atoms with Crippen LogP contribution in [0.1, 0.15) is 11.3 Å². The van der Waals surface area contributed by atoms with Crippen molar-refractivity contribution >= 4 is 15.9 Å². The average molecular weight is 294 g/mol. The summed E-state index contributed by atoms with van der Waals surface area (Å²) in [4.78, 5) is 0. The van der Waals surface area contributed by atoms with Crippen molar-refractivity contribution in [1.29, 1.82) is 0 Å². The Morgan fingerprint density at radius 2 is 2.00 bits per heavy atom. The molecular formula is C13H16BrN3. The zero-order chi connectivity index (χ0) is 12.3. The van der Waals surface area contributed by atoms with E-state index in [4.69, 9.17) is 0 Å². The number of benzene rings is 1. The Morgan fingerprint density at radius 3 is 2.65 bits per heavy atom. The van der Waals surface area contributed by atoms with E-state index in [0.29, 0.717) is 0 Å². The minimum atomic E-state index is 0.961. The van der Waals surface area contributed by atoms with E-state index < -0.39 is 0 Å². The summed E-state index contributed by atoms with van der Waals surface area (Å²) in [6.45, 7) is 3.08. The number of aromatic amines is 1. The van der Waals surface area contributed by atoms with E-state index in [-0.39, 0.29) is 0 Å². The van der Waals surface area contributed by atoms with Gasteiger partial charge in [-0.2, -0.15) is 5.10 Å². The zero-order valence-electron chi connectivity index (χ0n) is 10.0. The van der Waals surface area contributed by atoms with Gasteiger partial charge < -0.3 is 5.32 Å². The van der Waals surface area contributed by atoms with Gasteiger partial charge in [0.05, 0.1) is 5.69 Å². The number of nitrogens with one attached hydrogen (secondary N) is 2. The highest BCUT2D eigenvalue weighted by Crippen LogP contribution is 2.24. The van der Waals surface area contributed by atoms with Gasteiger partial charge in [-0.15, -0.1) is 0 Å². The molecule has 17 heavy (non-hydrogen) atoms. The van der Waals surface area contributed by atoms with Crippen LogP contribution in [-0.4, -0.2) is 23.8 Å². The lowest BCUT2D eigenvalue weighted by Crippen LogP contribution is -2.11. The first-order chi connectivity index (χ1) is 8.22. The molecular weight excluding hydrogens is 278 g/mol. The van der Waals surface area contributed by atoms with E-state index in [0.717, 1.165) is 28.7 Å². The predicted molar refractivity (Wildman–Crippen MR) is 74.1 cm³/mol. The molecule has 2 N–H and O–H groups in total. The van der Waals surface area contributed by atoms with Crippen molar-refractivity contribution in [2.75, 3.05) is 13.6 Å². The van der Waals surface area contributed by atoms with E-state index in [9.17, 15) is 0 Å². The van der Waals surface area contributed by atoms with Crippen molar-refractivity contribution in [3.05, 3.63) is 40.0 Å². The van der Waals surface area contributed by atoms with Crippen molar-refractivity contribution < 1.29 is 0 Å². The van der Waals surface area contributed by atoms with Crippen LogP contribution in [0.2, 0.25) is 0 Å². The minimum Gasteiger partial charge on any atom is -0.319 e. The van der Waals surface area contributed by atoms with Crippen LogP contribution in [0.5, 0.6) is 0 Å².